The average Bonchev–Trinajstić information content (AvgIpc) is 3.29. The first-order valence-electron chi connectivity index (χ1n) is 9.50. The first-order valence-corrected chi connectivity index (χ1v) is 10.8. The topological polar surface area (TPSA) is 60.5 Å². The van der Waals surface area contributed by atoms with Crippen LogP contribution in [0.3, 0.4) is 0 Å². The number of methoxy groups -OCH3 is 1. The van der Waals surface area contributed by atoms with Crippen LogP contribution in [0.2, 0.25) is 5.02 Å². The summed E-state index contributed by atoms with van der Waals surface area (Å²) in [5, 5.41) is 5.96. The Hall–Kier alpha value is -3.35. The predicted molar refractivity (Wildman–Crippen MR) is 124 cm³/mol. The minimum absolute atomic E-state index is 0.273. The molecule has 0 aliphatic rings. The van der Waals surface area contributed by atoms with Gasteiger partial charge in [-0.3, -0.25) is 4.79 Å². The summed E-state index contributed by atoms with van der Waals surface area (Å²) in [5.41, 5.74) is 2.82. The Morgan fingerprint density at radius 1 is 1.06 bits per heavy atom. The van der Waals surface area contributed by atoms with E-state index in [9.17, 15) is 4.79 Å². The van der Waals surface area contributed by atoms with Crippen molar-refractivity contribution < 1.29 is 14.3 Å². The molecule has 156 valence electrons. The van der Waals surface area contributed by atoms with Crippen LogP contribution >= 0.6 is 22.9 Å². The van der Waals surface area contributed by atoms with E-state index in [-0.39, 0.29) is 5.91 Å². The zero-order valence-corrected chi connectivity index (χ0v) is 18.2. The van der Waals surface area contributed by atoms with Gasteiger partial charge in [-0.2, -0.15) is 0 Å². The van der Waals surface area contributed by atoms with E-state index in [4.69, 9.17) is 21.1 Å². The van der Waals surface area contributed by atoms with Crippen LogP contribution in [-0.2, 0) is 6.61 Å². The molecule has 0 aliphatic carbocycles. The maximum absolute atomic E-state index is 12.6. The maximum atomic E-state index is 12.6. The van der Waals surface area contributed by atoms with Gasteiger partial charge in [0.2, 0.25) is 0 Å². The molecule has 0 radical (unpaired) electrons. The van der Waals surface area contributed by atoms with Crippen LogP contribution in [-0.4, -0.2) is 18.0 Å². The number of para-hydroxylation sites is 1. The lowest BCUT2D eigenvalue weighted by Gasteiger charge is -2.10. The third-order valence-corrected chi connectivity index (χ3v) is 5.60. The van der Waals surface area contributed by atoms with Crippen molar-refractivity contribution in [2.24, 2.45) is 0 Å². The number of aromatic nitrogens is 1. The van der Waals surface area contributed by atoms with Crippen LogP contribution in [0.15, 0.2) is 78.2 Å². The Labute approximate surface area is 189 Å². The Bertz CT molecular complexity index is 1190. The highest BCUT2D eigenvalue weighted by atomic mass is 35.5. The van der Waals surface area contributed by atoms with Crippen molar-refractivity contribution >= 4 is 34.5 Å². The molecule has 4 aromatic rings. The first kappa shape index (κ1) is 20.9. The van der Waals surface area contributed by atoms with Crippen molar-refractivity contribution in [1.29, 1.82) is 0 Å². The van der Waals surface area contributed by atoms with Gasteiger partial charge in [0.05, 0.1) is 12.7 Å². The lowest BCUT2D eigenvalue weighted by molar-refractivity contribution is 0.102. The van der Waals surface area contributed by atoms with Crippen molar-refractivity contribution in [2.45, 2.75) is 6.61 Å². The molecule has 0 saturated heterocycles. The molecule has 0 aliphatic heterocycles. The molecule has 5 nitrogen and oxygen atoms in total. The van der Waals surface area contributed by atoms with Gasteiger partial charge in [0, 0.05) is 16.1 Å². The van der Waals surface area contributed by atoms with Crippen molar-refractivity contribution in [2.75, 3.05) is 12.4 Å². The maximum Gasteiger partial charge on any atom is 0.275 e. The van der Waals surface area contributed by atoms with Crippen molar-refractivity contribution in [1.82, 2.24) is 4.98 Å². The number of rotatable bonds is 7. The largest absolute Gasteiger partial charge is 0.497 e. The Balaban J connectivity index is 1.48. The molecular weight excluding hydrogens is 432 g/mol. The molecule has 3 aromatic carbocycles. The number of halogens is 1. The Kier molecular flexibility index (Phi) is 6.50. The second kappa shape index (κ2) is 9.64. The number of hydrogen-bond donors (Lipinski definition) is 1. The molecule has 0 atom stereocenters. The molecule has 0 fully saturated rings. The summed E-state index contributed by atoms with van der Waals surface area (Å²) >= 11 is 7.44. The minimum atomic E-state index is -0.273. The molecule has 0 unspecified atom stereocenters. The van der Waals surface area contributed by atoms with E-state index >= 15 is 0 Å². The third kappa shape index (κ3) is 5.23. The first-order chi connectivity index (χ1) is 15.1. The van der Waals surface area contributed by atoms with Gasteiger partial charge < -0.3 is 14.8 Å². The van der Waals surface area contributed by atoms with Gasteiger partial charge in [-0.25, -0.2) is 4.98 Å². The second-order valence-corrected chi connectivity index (χ2v) is 7.93. The SMILES string of the molecule is COc1ccc(NC(=O)c2csc(-c3ccccc3OCc3cccc(Cl)c3)n2)cc1. The summed E-state index contributed by atoms with van der Waals surface area (Å²) in [6, 6.07) is 22.3. The number of thiazole rings is 1. The molecule has 7 heteroatoms. The molecule has 31 heavy (non-hydrogen) atoms. The van der Waals surface area contributed by atoms with E-state index in [1.807, 2.05) is 48.5 Å². The number of nitrogens with zero attached hydrogens (tertiary/aromatic N) is 1. The molecular formula is C24H19ClN2O3S. The van der Waals surface area contributed by atoms with Crippen molar-refractivity contribution in [3.8, 4) is 22.1 Å². The van der Waals surface area contributed by atoms with E-state index in [1.54, 1.807) is 36.8 Å². The van der Waals surface area contributed by atoms with Crippen LogP contribution in [0.1, 0.15) is 16.1 Å². The normalized spacial score (nSPS) is 10.5. The van der Waals surface area contributed by atoms with Crippen molar-refractivity contribution in [3.05, 3.63) is 94.5 Å². The molecule has 1 N–H and O–H groups in total. The number of nitrogens with one attached hydrogen (secondary N) is 1. The average molecular weight is 451 g/mol. The number of ether oxygens (including phenoxy) is 2. The van der Waals surface area contributed by atoms with Crippen LogP contribution in [0, 0.1) is 0 Å². The van der Waals surface area contributed by atoms with E-state index < -0.39 is 0 Å². The molecule has 1 heterocycles. The molecule has 4 rings (SSSR count). The van der Waals surface area contributed by atoms with Gasteiger partial charge >= 0.3 is 0 Å². The van der Waals surface area contributed by atoms with E-state index in [0.717, 1.165) is 16.9 Å². The zero-order chi connectivity index (χ0) is 21.6. The highest BCUT2D eigenvalue weighted by molar-refractivity contribution is 7.13. The van der Waals surface area contributed by atoms with Gasteiger partial charge in [0.15, 0.2) is 0 Å². The zero-order valence-electron chi connectivity index (χ0n) is 16.7. The van der Waals surface area contributed by atoms with Gasteiger partial charge in [-0.05, 0) is 54.1 Å². The summed E-state index contributed by atoms with van der Waals surface area (Å²) in [6.45, 7) is 0.383. The molecule has 0 bridgehead atoms. The third-order valence-electron chi connectivity index (χ3n) is 4.49. The standard InChI is InChI=1S/C24H19ClN2O3S/c1-29-19-11-9-18(10-12-19)26-23(28)21-15-31-24(27-21)20-7-2-3-8-22(20)30-14-16-5-4-6-17(25)13-16/h2-13,15H,14H2,1H3,(H,26,28). The van der Waals surface area contributed by atoms with Crippen molar-refractivity contribution in [3.63, 3.8) is 0 Å². The summed E-state index contributed by atoms with van der Waals surface area (Å²) in [5.74, 6) is 1.15. The van der Waals surface area contributed by atoms with Crippen LogP contribution in [0.5, 0.6) is 11.5 Å². The van der Waals surface area contributed by atoms with Crippen LogP contribution < -0.4 is 14.8 Å². The quantitative estimate of drug-likeness (QED) is 0.358. The molecule has 1 amide bonds. The fourth-order valence-electron chi connectivity index (χ4n) is 2.93. The highest BCUT2D eigenvalue weighted by Crippen LogP contribution is 2.33. The monoisotopic (exact) mass is 450 g/mol. The van der Waals surface area contributed by atoms with Crippen LogP contribution in [0.25, 0.3) is 10.6 Å². The smallest absolute Gasteiger partial charge is 0.275 e. The Morgan fingerprint density at radius 3 is 2.65 bits per heavy atom. The minimum Gasteiger partial charge on any atom is -0.497 e. The van der Waals surface area contributed by atoms with Gasteiger partial charge in [0.25, 0.3) is 5.91 Å². The van der Waals surface area contributed by atoms with Crippen LogP contribution in [0.4, 0.5) is 5.69 Å². The van der Waals surface area contributed by atoms with E-state index in [2.05, 4.69) is 10.3 Å². The fourth-order valence-corrected chi connectivity index (χ4v) is 3.97. The number of anilines is 1. The summed E-state index contributed by atoms with van der Waals surface area (Å²) < 4.78 is 11.1. The summed E-state index contributed by atoms with van der Waals surface area (Å²) in [6.07, 6.45) is 0. The number of benzene rings is 3. The summed E-state index contributed by atoms with van der Waals surface area (Å²) in [4.78, 5) is 17.1. The Morgan fingerprint density at radius 2 is 1.87 bits per heavy atom. The molecule has 1 aromatic heterocycles. The lowest BCUT2D eigenvalue weighted by Crippen LogP contribution is -2.12. The molecule has 0 saturated carbocycles. The van der Waals surface area contributed by atoms with Gasteiger partial charge in [-0.1, -0.05) is 35.9 Å². The fraction of sp³-hybridized carbons (Fsp3) is 0.0833. The van der Waals surface area contributed by atoms with E-state index in [0.29, 0.717) is 33.8 Å². The van der Waals surface area contributed by atoms with Gasteiger partial charge in [-0.15, -0.1) is 11.3 Å². The van der Waals surface area contributed by atoms with E-state index in [1.165, 1.54) is 11.3 Å². The lowest BCUT2D eigenvalue weighted by atomic mass is 10.2. The van der Waals surface area contributed by atoms with Gasteiger partial charge in [0.1, 0.15) is 28.8 Å². The number of carbonyl (C=O) groups is 1. The number of amides is 1. The highest BCUT2D eigenvalue weighted by Gasteiger charge is 2.15. The molecule has 0 spiro atoms. The number of hydrogen-bond acceptors (Lipinski definition) is 5. The predicted octanol–water partition coefficient (Wildman–Crippen LogP) is 6.30. The second-order valence-electron chi connectivity index (χ2n) is 6.64. The number of carbonyl (C=O) groups excluding carboxylic acids is 1. The summed E-state index contributed by atoms with van der Waals surface area (Å²) in [7, 11) is 1.60.